The SMILES string of the molecule is Cc1cccc(Cn2c(SCc3ccc(C(=O)NC4CCCCC4)cc3)nc3cccnc32)c1. The van der Waals surface area contributed by atoms with Crippen molar-refractivity contribution < 1.29 is 4.79 Å². The van der Waals surface area contributed by atoms with Crippen molar-refractivity contribution >= 4 is 28.8 Å². The molecule has 2 aromatic carbocycles. The van der Waals surface area contributed by atoms with Gasteiger partial charge in [0.1, 0.15) is 5.52 Å². The van der Waals surface area contributed by atoms with Gasteiger partial charge in [-0.1, -0.05) is 73.0 Å². The zero-order valence-electron chi connectivity index (χ0n) is 19.5. The highest BCUT2D eigenvalue weighted by Crippen LogP contribution is 2.27. The number of hydrogen-bond donors (Lipinski definition) is 1. The van der Waals surface area contributed by atoms with E-state index < -0.39 is 0 Å². The van der Waals surface area contributed by atoms with Gasteiger partial charge in [-0.15, -0.1) is 0 Å². The fraction of sp³-hybridized carbons (Fsp3) is 0.321. The van der Waals surface area contributed by atoms with Crippen LogP contribution in [0.15, 0.2) is 72.0 Å². The first-order valence-electron chi connectivity index (χ1n) is 12.0. The van der Waals surface area contributed by atoms with Crippen molar-refractivity contribution in [3.63, 3.8) is 0 Å². The van der Waals surface area contributed by atoms with Crippen molar-refractivity contribution in [3.8, 4) is 0 Å². The number of thioether (sulfide) groups is 1. The largest absolute Gasteiger partial charge is 0.349 e. The summed E-state index contributed by atoms with van der Waals surface area (Å²) in [5, 5.41) is 4.15. The second-order valence-corrected chi connectivity index (χ2v) is 10.1. The number of carbonyl (C=O) groups excluding carboxylic acids is 1. The summed E-state index contributed by atoms with van der Waals surface area (Å²) < 4.78 is 2.20. The van der Waals surface area contributed by atoms with E-state index in [1.165, 1.54) is 36.0 Å². The summed E-state index contributed by atoms with van der Waals surface area (Å²) in [5.74, 6) is 0.818. The van der Waals surface area contributed by atoms with Crippen molar-refractivity contribution in [3.05, 3.63) is 89.1 Å². The molecule has 0 spiro atoms. The predicted octanol–water partition coefficient (Wildman–Crippen LogP) is 6.14. The van der Waals surface area contributed by atoms with Gasteiger partial charge in [-0.05, 0) is 55.2 Å². The molecule has 1 saturated carbocycles. The molecule has 0 unspecified atom stereocenters. The van der Waals surface area contributed by atoms with Crippen LogP contribution in [0.25, 0.3) is 11.2 Å². The maximum Gasteiger partial charge on any atom is 0.251 e. The monoisotopic (exact) mass is 470 g/mol. The van der Waals surface area contributed by atoms with Crippen LogP contribution >= 0.6 is 11.8 Å². The topological polar surface area (TPSA) is 59.8 Å². The molecule has 4 aromatic rings. The van der Waals surface area contributed by atoms with Gasteiger partial charge < -0.3 is 5.32 Å². The van der Waals surface area contributed by atoms with Crippen LogP contribution < -0.4 is 5.32 Å². The predicted molar refractivity (Wildman–Crippen MR) is 138 cm³/mol. The molecule has 1 amide bonds. The molecular weight excluding hydrogens is 440 g/mol. The van der Waals surface area contributed by atoms with Crippen LogP contribution in [0.4, 0.5) is 0 Å². The van der Waals surface area contributed by atoms with E-state index in [-0.39, 0.29) is 5.91 Å². The molecular formula is C28H30N4OS. The Kier molecular flexibility index (Phi) is 6.95. The first kappa shape index (κ1) is 22.7. The number of benzene rings is 2. The van der Waals surface area contributed by atoms with Gasteiger partial charge in [0.15, 0.2) is 10.8 Å². The van der Waals surface area contributed by atoms with Crippen LogP contribution in [0.3, 0.4) is 0 Å². The lowest BCUT2D eigenvalue weighted by molar-refractivity contribution is 0.0927. The van der Waals surface area contributed by atoms with Crippen molar-refractivity contribution in [1.29, 1.82) is 0 Å². The van der Waals surface area contributed by atoms with Crippen molar-refractivity contribution in [2.24, 2.45) is 0 Å². The van der Waals surface area contributed by atoms with Crippen LogP contribution in [0.5, 0.6) is 0 Å². The van der Waals surface area contributed by atoms with E-state index in [1.807, 2.05) is 30.5 Å². The minimum atomic E-state index is 0.0390. The molecule has 0 bridgehead atoms. The summed E-state index contributed by atoms with van der Waals surface area (Å²) in [6, 6.07) is 20.8. The van der Waals surface area contributed by atoms with Crippen molar-refractivity contribution in [2.75, 3.05) is 0 Å². The number of pyridine rings is 1. The molecule has 5 nitrogen and oxygen atoms in total. The summed E-state index contributed by atoms with van der Waals surface area (Å²) in [5.41, 5.74) is 6.20. The third kappa shape index (κ3) is 5.33. The standard InChI is InChI=1S/C28H30N4OS/c1-20-7-5-8-22(17-20)18-32-26-25(11-6-16-29-26)31-28(32)34-19-21-12-14-23(15-13-21)27(33)30-24-9-3-2-4-10-24/h5-8,11-17,24H,2-4,9-10,18-19H2,1H3,(H,30,33). The lowest BCUT2D eigenvalue weighted by atomic mass is 9.95. The van der Waals surface area contributed by atoms with E-state index in [1.54, 1.807) is 11.8 Å². The molecule has 0 aliphatic heterocycles. The Labute approximate surface area is 205 Å². The molecule has 2 aromatic heterocycles. The van der Waals surface area contributed by atoms with Crippen LogP contribution in [0, 0.1) is 6.92 Å². The van der Waals surface area contributed by atoms with Crippen molar-refractivity contribution in [1.82, 2.24) is 19.9 Å². The Bertz CT molecular complexity index is 1280. The lowest BCUT2D eigenvalue weighted by Crippen LogP contribution is -2.36. The average molecular weight is 471 g/mol. The number of nitrogens with one attached hydrogen (secondary N) is 1. The maximum absolute atomic E-state index is 12.6. The minimum Gasteiger partial charge on any atom is -0.349 e. The fourth-order valence-electron chi connectivity index (χ4n) is 4.60. The second-order valence-electron chi connectivity index (χ2n) is 9.11. The summed E-state index contributed by atoms with van der Waals surface area (Å²) in [7, 11) is 0. The Morgan fingerprint density at radius 2 is 1.85 bits per heavy atom. The second kappa shape index (κ2) is 10.4. The van der Waals surface area contributed by atoms with Gasteiger partial charge in [0.25, 0.3) is 5.91 Å². The average Bonchev–Trinajstić information content (AvgIpc) is 3.21. The highest BCUT2D eigenvalue weighted by molar-refractivity contribution is 7.98. The molecule has 1 N–H and O–H groups in total. The normalized spacial score (nSPS) is 14.4. The van der Waals surface area contributed by atoms with E-state index in [0.717, 1.165) is 47.0 Å². The van der Waals surface area contributed by atoms with Gasteiger partial charge in [-0.2, -0.15) is 0 Å². The molecule has 5 rings (SSSR count). The molecule has 1 aliphatic rings. The molecule has 1 aliphatic carbocycles. The van der Waals surface area contributed by atoms with Gasteiger partial charge in [0.2, 0.25) is 0 Å². The molecule has 174 valence electrons. The molecule has 0 radical (unpaired) electrons. The summed E-state index contributed by atoms with van der Waals surface area (Å²) in [6.45, 7) is 2.85. The summed E-state index contributed by atoms with van der Waals surface area (Å²) in [6.07, 6.45) is 7.73. The van der Waals surface area contributed by atoms with Gasteiger partial charge in [0, 0.05) is 23.6 Å². The Balaban J connectivity index is 1.28. The molecule has 0 atom stereocenters. The Morgan fingerprint density at radius 1 is 1.03 bits per heavy atom. The van der Waals surface area contributed by atoms with Crippen molar-refractivity contribution in [2.45, 2.75) is 62.5 Å². The first-order chi connectivity index (χ1) is 16.7. The van der Waals surface area contributed by atoms with E-state index in [9.17, 15) is 4.79 Å². The molecule has 6 heteroatoms. The molecule has 1 fully saturated rings. The molecule has 34 heavy (non-hydrogen) atoms. The number of hydrogen-bond acceptors (Lipinski definition) is 4. The number of nitrogens with zero attached hydrogens (tertiary/aromatic N) is 3. The Hall–Kier alpha value is -3.12. The number of imidazole rings is 1. The highest BCUT2D eigenvalue weighted by Gasteiger charge is 2.17. The van der Waals surface area contributed by atoms with Gasteiger partial charge in [-0.25, -0.2) is 9.97 Å². The van der Waals surface area contributed by atoms with E-state index in [4.69, 9.17) is 4.98 Å². The lowest BCUT2D eigenvalue weighted by Gasteiger charge is -2.22. The Morgan fingerprint density at radius 3 is 2.65 bits per heavy atom. The van der Waals surface area contributed by atoms with Gasteiger partial charge in [-0.3, -0.25) is 9.36 Å². The van der Waals surface area contributed by atoms with Crippen LogP contribution in [-0.2, 0) is 12.3 Å². The van der Waals surface area contributed by atoms with Gasteiger partial charge in [0.05, 0.1) is 6.54 Å². The zero-order chi connectivity index (χ0) is 23.3. The summed E-state index contributed by atoms with van der Waals surface area (Å²) >= 11 is 1.70. The number of aryl methyl sites for hydroxylation is 1. The number of rotatable bonds is 7. The molecule has 2 heterocycles. The third-order valence-corrected chi connectivity index (χ3v) is 7.46. The first-order valence-corrected chi connectivity index (χ1v) is 13.0. The van der Waals surface area contributed by atoms with Crippen LogP contribution in [0.2, 0.25) is 0 Å². The van der Waals surface area contributed by atoms with Gasteiger partial charge >= 0.3 is 0 Å². The fourth-order valence-corrected chi connectivity index (χ4v) is 5.56. The number of aromatic nitrogens is 3. The van der Waals surface area contributed by atoms with E-state index in [0.29, 0.717) is 6.04 Å². The van der Waals surface area contributed by atoms with Crippen LogP contribution in [-0.4, -0.2) is 26.5 Å². The number of amides is 1. The molecule has 0 saturated heterocycles. The van der Waals surface area contributed by atoms with E-state index in [2.05, 4.69) is 58.2 Å². The maximum atomic E-state index is 12.6. The number of carbonyl (C=O) groups is 1. The number of fused-ring (bicyclic) bond motifs is 1. The minimum absolute atomic E-state index is 0.0390. The summed E-state index contributed by atoms with van der Waals surface area (Å²) in [4.78, 5) is 22.1. The van der Waals surface area contributed by atoms with E-state index >= 15 is 0 Å². The smallest absolute Gasteiger partial charge is 0.251 e. The third-order valence-electron chi connectivity index (χ3n) is 6.42. The van der Waals surface area contributed by atoms with Crippen LogP contribution in [0.1, 0.15) is 59.2 Å². The quantitative estimate of drug-likeness (QED) is 0.330. The zero-order valence-corrected chi connectivity index (χ0v) is 20.4. The highest BCUT2D eigenvalue weighted by atomic mass is 32.2.